The lowest BCUT2D eigenvalue weighted by Crippen LogP contribution is -2.31. The van der Waals surface area contributed by atoms with Crippen LogP contribution in [-0.2, 0) is 20.7 Å². The highest BCUT2D eigenvalue weighted by Crippen LogP contribution is 2.17. The van der Waals surface area contributed by atoms with Crippen molar-refractivity contribution in [3.05, 3.63) is 64.6 Å². The van der Waals surface area contributed by atoms with E-state index in [1.165, 1.54) is 0 Å². The molecule has 3 aromatic rings. The van der Waals surface area contributed by atoms with E-state index < -0.39 is 5.97 Å². The number of nitrogens with one attached hydrogen (secondary N) is 1. The molecule has 0 aliphatic heterocycles. The Balaban J connectivity index is 1.51. The smallest absolute Gasteiger partial charge is 0.306 e. The van der Waals surface area contributed by atoms with Gasteiger partial charge in [0.1, 0.15) is 0 Å². The highest BCUT2D eigenvalue weighted by atomic mass is 16.5. The Morgan fingerprint density at radius 2 is 1.90 bits per heavy atom. The van der Waals surface area contributed by atoms with E-state index in [2.05, 4.69) is 15.4 Å². The summed E-state index contributed by atoms with van der Waals surface area (Å²) in [7, 11) is 0. The van der Waals surface area contributed by atoms with E-state index in [1.807, 2.05) is 64.1 Å². The van der Waals surface area contributed by atoms with Crippen LogP contribution in [0.1, 0.15) is 47.6 Å². The number of carbonyl (C=O) groups excluding carboxylic acids is 2. The number of ether oxygens (including phenoxy) is 1. The van der Waals surface area contributed by atoms with Gasteiger partial charge in [0.2, 0.25) is 0 Å². The van der Waals surface area contributed by atoms with Gasteiger partial charge in [-0.1, -0.05) is 30.3 Å². The van der Waals surface area contributed by atoms with Crippen molar-refractivity contribution in [1.82, 2.24) is 19.9 Å². The Hall–Kier alpha value is -3.22. The van der Waals surface area contributed by atoms with Crippen LogP contribution < -0.4 is 5.32 Å². The first-order valence-corrected chi connectivity index (χ1v) is 9.67. The molecule has 29 heavy (non-hydrogen) atoms. The lowest BCUT2D eigenvalue weighted by Gasteiger charge is -2.14. The molecule has 0 fully saturated rings. The lowest BCUT2D eigenvalue weighted by molar-refractivity contribution is -0.148. The summed E-state index contributed by atoms with van der Waals surface area (Å²) in [6.07, 6.45) is 0.664. The minimum absolute atomic E-state index is 0.150. The number of aromatic nitrogens is 3. The number of benzene rings is 1. The van der Waals surface area contributed by atoms with Crippen molar-refractivity contribution in [2.45, 2.75) is 46.6 Å². The molecule has 2 heterocycles. The molecular formula is C22H26N4O3. The number of nitrogens with zero attached hydrogens (tertiary/aromatic N) is 3. The summed E-state index contributed by atoms with van der Waals surface area (Å²) in [4.78, 5) is 28.7. The molecular weight excluding hydrogens is 368 g/mol. The maximum absolute atomic E-state index is 12.1. The van der Waals surface area contributed by atoms with Crippen LogP contribution >= 0.6 is 0 Å². The second kappa shape index (κ2) is 8.86. The van der Waals surface area contributed by atoms with Crippen LogP contribution in [0.2, 0.25) is 0 Å². The van der Waals surface area contributed by atoms with Crippen molar-refractivity contribution in [2.24, 2.45) is 0 Å². The monoisotopic (exact) mass is 394 g/mol. The molecule has 0 aliphatic rings. The van der Waals surface area contributed by atoms with Crippen molar-refractivity contribution < 1.29 is 14.3 Å². The van der Waals surface area contributed by atoms with Gasteiger partial charge < -0.3 is 10.1 Å². The zero-order chi connectivity index (χ0) is 21.0. The maximum Gasteiger partial charge on any atom is 0.306 e. The summed E-state index contributed by atoms with van der Waals surface area (Å²) in [5.74, 6) is -0.736. The third kappa shape index (κ3) is 4.99. The van der Waals surface area contributed by atoms with E-state index >= 15 is 0 Å². The van der Waals surface area contributed by atoms with Crippen LogP contribution in [0.5, 0.6) is 0 Å². The third-order valence-electron chi connectivity index (χ3n) is 4.91. The van der Waals surface area contributed by atoms with Gasteiger partial charge in [0.25, 0.3) is 5.91 Å². The Morgan fingerprint density at radius 1 is 1.17 bits per heavy atom. The number of hydrogen-bond acceptors (Lipinski definition) is 5. The Kier molecular flexibility index (Phi) is 6.26. The van der Waals surface area contributed by atoms with E-state index in [0.29, 0.717) is 6.42 Å². The molecule has 7 heteroatoms. The van der Waals surface area contributed by atoms with Crippen molar-refractivity contribution in [1.29, 1.82) is 0 Å². The molecule has 2 aromatic heterocycles. The molecule has 0 unspecified atom stereocenters. The normalized spacial score (nSPS) is 12.0. The van der Waals surface area contributed by atoms with Crippen molar-refractivity contribution in [3.8, 4) is 0 Å². The zero-order valence-electron chi connectivity index (χ0n) is 17.2. The molecule has 0 saturated carbocycles. The van der Waals surface area contributed by atoms with E-state index in [9.17, 15) is 9.59 Å². The fourth-order valence-corrected chi connectivity index (χ4v) is 3.36. The molecule has 7 nitrogen and oxygen atoms in total. The van der Waals surface area contributed by atoms with E-state index in [-0.39, 0.29) is 25.0 Å². The second-order valence-corrected chi connectivity index (χ2v) is 7.18. The number of fused-ring (bicyclic) bond motifs is 1. The number of carbonyl (C=O) groups is 2. The van der Waals surface area contributed by atoms with Gasteiger partial charge in [-0.15, -0.1) is 0 Å². The Morgan fingerprint density at radius 3 is 2.62 bits per heavy atom. The number of hydrogen-bond donors (Lipinski definition) is 1. The van der Waals surface area contributed by atoms with Crippen LogP contribution in [0, 0.1) is 20.8 Å². The van der Waals surface area contributed by atoms with Gasteiger partial charge in [0.15, 0.2) is 12.3 Å². The summed E-state index contributed by atoms with van der Waals surface area (Å²) in [6.45, 7) is 7.41. The highest BCUT2D eigenvalue weighted by molar-refractivity contribution is 5.80. The van der Waals surface area contributed by atoms with Crippen LogP contribution in [0.25, 0.3) is 5.65 Å². The van der Waals surface area contributed by atoms with Crippen LogP contribution in [0.4, 0.5) is 0 Å². The summed E-state index contributed by atoms with van der Waals surface area (Å²) in [5.41, 5.74) is 5.50. The average Bonchev–Trinajstić information content (AvgIpc) is 3.07. The number of esters is 1. The molecule has 0 aliphatic carbocycles. The molecule has 0 saturated heterocycles. The summed E-state index contributed by atoms with van der Waals surface area (Å²) in [6, 6.07) is 11.4. The molecule has 0 spiro atoms. The van der Waals surface area contributed by atoms with Gasteiger partial charge in [-0.2, -0.15) is 5.10 Å². The molecule has 0 radical (unpaired) electrons. The average molecular weight is 394 g/mol. The largest absolute Gasteiger partial charge is 0.456 e. The lowest BCUT2D eigenvalue weighted by atomic mass is 10.1. The number of rotatable bonds is 7. The first kappa shape index (κ1) is 20.5. The van der Waals surface area contributed by atoms with Crippen molar-refractivity contribution in [3.63, 3.8) is 0 Å². The van der Waals surface area contributed by atoms with Crippen molar-refractivity contribution in [2.75, 3.05) is 6.61 Å². The van der Waals surface area contributed by atoms with E-state index in [0.717, 1.165) is 33.9 Å². The van der Waals surface area contributed by atoms with Gasteiger partial charge in [-0.3, -0.25) is 9.59 Å². The predicted octanol–water partition coefficient (Wildman–Crippen LogP) is 3.01. The van der Waals surface area contributed by atoms with Crippen molar-refractivity contribution >= 4 is 17.5 Å². The Bertz CT molecular complexity index is 1030. The maximum atomic E-state index is 12.1. The predicted molar refractivity (Wildman–Crippen MR) is 109 cm³/mol. The van der Waals surface area contributed by atoms with Gasteiger partial charge in [-0.25, -0.2) is 9.50 Å². The molecule has 3 rings (SSSR count). The molecule has 1 N–H and O–H groups in total. The SMILES string of the molecule is Cc1cc2nc(C)c(CCC(=O)OCC(=O)N[C@H](C)c3ccccc3)c(C)n2n1. The minimum atomic E-state index is -0.414. The quantitative estimate of drug-likeness (QED) is 0.623. The van der Waals surface area contributed by atoms with Crippen LogP contribution in [-0.4, -0.2) is 33.1 Å². The summed E-state index contributed by atoms with van der Waals surface area (Å²) < 4.78 is 6.93. The summed E-state index contributed by atoms with van der Waals surface area (Å²) >= 11 is 0. The molecule has 1 amide bonds. The van der Waals surface area contributed by atoms with Gasteiger partial charge >= 0.3 is 5.97 Å². The van der Waals surface area contributed by atoms with Crippen LogP contribution in [0.15, 0.2) is 36.4 Å². The van der Waals surface area contributed by atoms with Gasteiger partial charge in [-0.05, 0) is 45.2 Å². The minimum Gasteiger partial charge on any atom is -0.456 e. The van der Waals surface area contributed by atoms with E-state index in [1.54, 1.807) is 4.52 Å². The van der Waals surface area contributed by atoms with Gasteiger partial charge in [0, 0.05) is 23.9 Å². The molecule has 0 bridgehead atoms. The molecule has 1 atom stereocenters. The fourth-order valence-electron chi connectivity index (χ4n) is 3.36. The number of amides is 1. The molecule has 1 aromatic carbocycles. The Labute approximate surface area is 170 Å². The van der Waals surface area contributed by atoms with Crippen LogP contribution in [0.3, 0.4) is 0 Å². The van der Waals surface area contributed by atoms with Gasteiger partial charge in [0.05, 0.1) is 11.7 Å². The zero-order valence-corrected chi connectivity index (χ0v) is 17.2. The highest BCUT2D eigenvalue weighted by Gasteiger charge is 2.15. The first-order chi connectivity index (χ1) is 13.8. The standard InChI is InChI=1S/C22H26N4O3/c1-14-12-20-23-16(3)19(17(4)26(20)25-14)10-11-22(28)29-13-21(27)24-15(2)18-8-6-5-7-9-18/h5-9,12,15H,10-11,13H2,1-4H3,(H,24,27)/t15-/m1/s1. The summed E-state index contributed by atoms with van der Waals surface area (Å²) in [5, 5.41) is 7.27. The van der Waals surface area contributed by atoms with E-state index in [4.69, 9.17) is 4.74 Å². The topological polar surface area (TPSA) is 85.6 Å². The fraction of sp³-hybridized carbons (Fsp3) is 0.364. The number of aryl methyl sites for hydroxylation is 3. The second-order valence-electron chi connectivity index (χ2n) is 7.18. The third-order valence-corrected chi connectivity index (χ3v) is 4.91. The molecule has 152 valence electrons. The first-order valence-electron chi connectivity index (χ1n) is 9.67.